The van der Waals surface area contributed by atoms with Gasteiger partial charge in [0.05, 0.1) is 0 Å². The van der Waals surface area contributed by atoms with Crippen molar-refractivity contribution in [3.8, 4) is 0 Å². The molecule has 0 amide bonds. The molecule has 0 aromatic rings. The minimum absolute atomic E-state index is 0.109. The summed E-state index contributed by atoms with van der Waals surface area (Å²) < 4.78 is 16.8. The lowest BCUT2D eigenvalue weighted by molar-refractivity contribution is -0.167. The van der Waals surface area contributed by atoms with E-state index in [1.165, 1.54) is 96.3 Å². The zero-order valence-corrected chi connectivity index (χ0v) is 42.9. The van der Waals surface area contributed by atoms with Gasteiger partial charge in [-0.15, -0.1) is 0 Å². The molecule has 0 aromatic heterocycles. The number of unbranched alkanes of at least 4 members (excludes halogenated alkanes) is 21. The second-order valence-corrected chi connectivity index (χ2v) is 17.7. The van der Waals surface area contributed by atoms with Crippen molar-refractivity contribution in [3.63, 3.8) is 0 Å². The Kier molecular flexibility index (Phi) is 50.9. The van der Waals surface area contributed by atoms with E-state index in [0.29, 0.717) is 19.3 Å². The Hall–Kier alpha value is -3.67. The van der Waals surface area contributed by atoms with E-state index in [-0.39, 0.29) is 37.5 Å². The summed E-state index contributed by atoms with van der Waals surface area (Å²) in [6, 6.07) is 0. The van der Waals surface area contributed by atoms with Gasteiger partial charge in [-0.2, -0.15) is 0 Å². The molecule has 0 rings (SSSR count). The average Bonchev–Trinajstić information content (AvgIpc) is 3.31. The van der Waals surface area contributed by atoms with Gasteiger partial charge in [-0.25, -0.2) is 0 Å². The molecule has 6 nitrogen and oxygen atoms in total. The molecule has 0 spiro atoms. The van der Waals surface area contributed by atoms with Gasteiger partial charge in [0.2, 0.25) is 0 Å². The monoisotopic (exact) mass is 917 g/mol. The molecule has 0 heterocycles. The van der Waals surface area contributed by atoms with Gasteiger partial charge in [0.1, 0.15) is 13.2 Å². The van der Waals surface area contributed by atoms with E-state index in [1.807, 2.05) is 0 Å². The summed E-state index contributed by atoms with van der Waals surface area (Å²) in [4.78, 5) is 38.0. The number of rotatable bonds is 48. The van der Waals surface area contributed by atoms with Crippen LogP contribution >= 0.6 is 0 Å². The van der Waals surface area contributed by atoms with Crippen LogP contribution < -0.4 is 0 Å². The van der Waals surface area contributed by atoms with Crippen molar-refractivity contribution in [2.75, 3.05) is 13.2 Å². The molecule has 1 atom stereocenters. The summed E-state index contributed by atoms with van der Waals surface area (Å²) in [6.07, 6.45) is 71.1. The summed E-state index contributed by atoms with van der Waals surface area (Å²) in [5.74, 6) is -0.992. The quantitative estimate of drug-likeness (QED) is 0.0262. The third kappa shape index (κ3) is 51.3. The Morgan fingerprint density at radius 3 is 1.02 bits per heavy atom. The molecule has 6 heteroatoms. The van der Waals surface area contributed by atoms with Crippen molar-refractivity contribution in [1.82, 2.24) is 0 Å². The largest absolute Gasteiger partial charge is 0.462 e. The first-order valence-electron chi connectivity index (χ1n) is 27.2. The van der Waals surface area contributed by atoms with Gasteiger partial charge in [-0.05, 0) is 116 Å². The minimum atomic E-state index is -0.812. The topological polar surface area (TPSA) is 78.9 Å². The van der Waals surface area contributed by atoms with E-state index in [4.69, 9.17) is 14.2 Å². The fourth-order valence-electron chi connectivity index (χ4n) is 7.21. The van der Waals surface area contributed by atoms with Gasteiger partial charge in [-0.1, -0.05) is 208 Å². The molecule has 66 heavy (non-hydrogen) atoms. The highest BCUT2D eigenvalue weighted by Crippen LogP contribution is 2.13. The number of hydrogen-bond acceptors (Lipinski definition) is 6. The summed E-state index contributed by atoms with van der Waals surface area (Å²) in [5, 5.41) is 0. The predicted octanol–water partition coefficient (Wildman–Crippen LogP) is 18.1. The first-order chi connectivity index (χ1) is 32.5. The fourth-order valence-corrected chi connectivity index (χ4v) is 7.21. The Bertz CT molecular complexity index is 1330. The van der Waals surface area contributed by atoms with Crippen LogP contribution in [0.1, 0.15) is 245 Å². The van der Waals surface area contributed by atoms with Crippen molar-refractivity contribution in [3.05, 3.63) is 97.2 Å². The molecule has 0 saturated carbocycles. The summed E-state index contributed by atoms with van der Waals surface area (Å²) in [6.45, 7) is 6.42. The SMILES string of the molecule is CC/C=C\C/C=C\C/C=C\CCCCCCC(=O)OCC(COC(=O)CCC/C=C\C/C=C\C/C=C\CCCCCCCC)OC(=O)CCCCCCCCC/C=C\C/C=C\CCCCC. The molecule has 0 bridgehead atoms. The van der Waals surface area contributed by atoms with E-state index >= 15 is 0 Å². The summed E-state index contributed by atoms with van der Waals surface area (Å²) >= 11 is 0. The molecule has 1 unspecified atom stereocenters. The highest BCUT2D eigenvalue weighted by Gasteiger charge is 2.19. The van der Waals surface area contributed by atoms with E-state index in [2.05, 4.69) is 118 Å². The van der Waals surface area contributed by atoms with Crippen LogP contribution in [-0.4, -0.2) is 37.2 Å². The molecule has 0 saturated heterocycles. The molecule has 0 aliphatic carbocycles. The van der Waals surface area contributed by atoms with E-state index in [0.717, 1.165) is 103 Å². The first-order valence-corrected chi connectivity index (χ1v) is 27.2. The molecule has 0 aliphatic rings. The summed E-state index contributed by atoms with van der Waals surface area (Å²) in [5.41, 5.74) is 0. The van der Waals surface area contributed by atoms with Gasteiger partial charge < -0.3 is 14.2 Å². The third-order valence-corrected chi connectivity index (χ3v) is 11.3. The highest BCUT2D eigenvalue weighted by molar-refractivity contribution is 5.71. The van der Waals surface area contributed by atoms with Gasteiger partial charge in [-0.3, -0.25) is 14.4 Å². The maximum Gasteiger partial charge on any atom is 0.306 e. The lowest BCUT2D eigenvalue weighted by atomic mass is 10.1. The van der Waals surface area contributed by atoms with Crippen LogP contribution in [0.3, 0.4) is 0 Å². The van der Waals surface area contributed by atoms with Crippen LogP contribution in [-0.2, 0) is 28.6 Å². The average molecular weight is 917 g/mol. The van der Waals surface area contributed by atoms with Crippen LogP contribution in [0.5, 0.6) is 0 Å². The zero-order valence-electron chi connectivity index (χ0n) is 42.9. The Labute approximate surface area is 407 Å². The highest BCUT2D eigenvalue weighted by atomic mass is 16.6. The molecule has 0 N–H and O–H groups in total. The van der Waals surface area contributed by atoms with E-state index < -0.39 is 6.10 Å². The molecular weight excluding hydrogens is 817 g/mol. The van der Waals surface area contributed by atoms with Crippen molar-refractivity contribution in [2.24, 2.45) is 0 Å². The minimum Gasteiger partial charge on any atom is -0.462 e. The van der Waals surface area contributed by atoms with Crippen molar-refractivity contribution in [1.29, 1.82) is 0 Å². The second-order valence-electron chi connectivity index (χ2n) is 17.7. The molecule has 0 aromatic carbocycles. The van der Waals surface area contributed by atoms with Gasteiger partial charge >= 0.3 is 17.9 Å². The summed E-state index contributed by atoms with van der Waals surface area (Å²) in [7, 11) is 0. The van der Waals surface area contributed by atoms with Crippen molar-refractivity contribution < 1.29 is 28.6 Å². The van der Waals surface area contributed by atoms with E-state index in [1.54, 1.807) is 0 Å². The molecule has 0 fully saturated rings. The molecule has 0 aliphatic heterocycles. The second kappa shape index (κ2) is 53.9. The molecular formula is C60H100O6. The fraction of sp³-hybridized carbons (Fsp3) is 0.683. The predicted molar refractivity (Wildman–Crippen MR) is 284 cm³/mol. The number of allylic oxidation sites excluding steroid dienone is 16. The standard InChI is InChI=1S/C60H100O6/c1-4-7-10-13-16-19-22-25-28-30-32-35-38-41-44-47-50-53-59(62)65-56-57(55-64-58(61)52-49-46-43-40-37-34-27-24-21-18-15-12-9-6-3)66-60(63)54-51-48-45-42-39-36-33-31-29-26-23-20-17-14-11-8-5-2/h9,12,17-18,20-21,25-29,32,34-35,41,44,57H,4-8,10-11,13-16,19,22-24,30-31,33,36-40,42-43,45-56H2,1-3H3/b12-9-,20-17-,21-18-,28-25-,29-26-,34-27-,35-32-,44-41-. The Balaban J connectivity index is 4.51. The van der Waals surface area contributed by atoms with Crippen molar-refractivity contribution >= 4 is 17.9 Å². The molecule has 376 valence electrons. The number of hydrogen-bond donors (Lipinski definition) is 0. The normalized spacial score (nSPS) is 12.8. The van der Waals surface area contributed by atoms with E-state index in [9.17, 15) is 14.4 Å². The van der Waals surface area contributed by atoms with Crippen LogP contribution in [0.25, 0.3) is 0 Å². The lowest BCUT2D eigenvalue weighted by Crippen LogP contribution is -2.30. The van der Waals surface area contributed by atoms with Crippen LogP contribution in [0, 0.1) is 0 Å². The Morgan fingerprint density at radius 2 is 0.606 bits per heavy atom. The number of esters is 3. The maximum atomic E-state index is 12.8. The van der Waals surface area contributed by atoms with Gasteiger partial charge in [0.15, 0.2) is 6.10 Å². The smallest absolute Gasteiger partial charge is 0.306 e. The zero-order chi connectivity index (χ0) is 47.9. The number of carbonyl (C=O) groups is 3. The van der Waals surface area contributed by atoms with Gasteiger partial charge in [0, 0.05) is 19.3 Å². The number of ether oxygens (including phenoxy) is 3. The van der Waals surface area contributed by atoms with Crippen LogP contribution in [0.2, 0.25) is 0 Å². The Morgan fingerprint density at radius 1 is 0.318 bits per heavy atom. The maximum absolute atomic E-state index is 12.8. The third-order valence-electron chi connectivity index (χ3n) is 11.3. The van der Waals surface area contributed by atoms with Crippen molar-refractivity contribution in [2.45, 2.75) is 252 Å². The van der Waals surface area contributed by atoms with Gasteiger partial charge in [0.25, 0.3) is 0 Å². The molecule has 0 radical (unpaired) electrons. The lowest BCUT2D eigenvalue weighted by Gasteiger charge is -2.18. The van der Waals surface area contributed by atoms with Crippen LogP contribution in [0.15, 0.2) is 97.2 Å². The number of carbonyl (C=O) groups excluding carboxylic acids is 3. The van der Waals surface area contributed by atoms with Crippen LogP contribution in [0.4, 0.5) is 0 Å². The first kappa shape index (κ1) is 62.3.